The molecule has 3 heteroatoms. The van der Waals surface area contributed by atoms with Crippen LogP contribution >= 0.6 is 0 Å². The summed E-state index contributed by atoms with van der Waals surface area (Å²) in [5.74, 6) is 0.0558. The maximum atomic E-state index is 11.2. The summed E-state index contributed by atoms with van der Waals surface area (Å²) in [7, 11) is 0. The minimum absolute atomic E-state index is 0.0558. The fourth-order valence-electron chi connectivity index (χ4n) is 1.25. The van der Waals surface area contributed by atoms with Gasteiger partial charge < -0.3 is 0 Å². The molecule has 0 aliphatic heterocycles. The molecular weight excluding hydrogens is 190 g/mol. The van der Waals surface area contributed by atoms with Crippen molar-refractivity contribution in [3.8, 4) is 0 Å². The molecule has 0 heterocycles. The number of anilines is 1. The topological polar surface area (TPSA) is 38.3 Å². The third kappa shape index (κ3) is 4.13. The van der Waals surface area contributed by atoms with Gasteiger partial charge in [0, 0.05) is 0 Å². The van der Waals surface area contributed by atoms with Crippen molar-refractivity contribution in [3.05, 3.63) is 30.3 Å². The van der Waals surface area contributed by atoms with Crippen LogP contribution in [0.5, 0.6) is 0 Å². The molecule has 15 heavy (non-hydrogen) atoms. The van der Waals surface area contributed by atoms with E-state index in [2.05, 4.69) is 5.48 Å². The molecule has 0 spiro atoms. The maximum Gasteiger partial charge on any atom is 0.161 e. The van der Waals surface area contributed by atoms with Gasteiger partial charge in [0.2, 0.25) is 0 Å². The predicted octanol–water partition coefficient (Wildman–Crippen LogP) is 2.79. The highest BCUT2D eigenvalue weighted by Crippen LogP contribution is 2.09. The normalized spacial score (nSPS) is 12.1. The lowest BCUT2D eigenvalue weighted by Gasteiger charge is -2.14. The van der Waals surface area contributed by atoms with E-state index in [0.29, 0.717) is 0 Å². The molecule has 0 bridgehead atoms. The molecule has 3 nitrogen and oxygen atoms in total. The van der Waals surface area contributed by atoms with Gasteiger partial charge in [-0.25, -0.2) is 0 Å². The molecule has 1 unspecified atom stereocenters. The van der Waals surface area contributed by atoms with Crippen molar-refractivity contribution in [1.29, 1.82) is 0 Å². The fourth-order valence-corrected chi connectivity index (χ4v) is 1.25. The van der Waals surface area contributed by atoms with Gasteiger partial charge in [0.05, 0.1) is 5.69 Å². The van der Waals surface area contributed by atoms with E-state index in [4.69, 9.17) is 4.84 Å². The zero-order chi connectivity index (χ0) is 11.1. The lowest BCUT2D eigenvalue weighted by molar-refractivity contribution is -0.127. The van der Waals surface area contributed by atoms with Gasteiger partial charge in [-0.3, -0.25) is 15.1 Å². The number of ketones is 1. The van der Waals surface area contributed by atoms with Crippen LogP contribution in [0.2, 0.25) is 0 Å². The quantitative estimate of drug-likeness (QED) is 0.729. The molecule has 1 aromatic rings. The van der Waals surface area contributed by atoms with Gasteiger partial charge in [-0.2, -0.15) is 0 Å². The molecule has 82 valence electrons. The van der Waals surface area contributed by atoms with E-state index in [-0.39, 0.29) is 11.9 Å². The molecule has 0 radical (unpaired) electrons. The van der Waals surface area contributed by atoms with Crippen LogP contribution < -0.4 is 5.48 Å². The summed E-state index contributed by atoms with van der Waals surface area (Å²) in [6.45, 7) is 3.58. The molecule has 1 atom stereocenters. The van der Waals surface area contributed by atoms with Crippen LogP contribution in [0.1, 0.15) is 26.7 Å². The molecule has 0 aromatic heterocycles. The van der Waals surface area contributed by atoms with E-state index in [0.717, 1.165) is 18.5 Å². The Bertz CT molecular complexity index is 298. The second-order valence-electron chi connectivity index (χ2n) is 3.47. The van der Waals surface area contributed by atoms with Gasteiger partial charge in [0.1, 0.15) is 6.10 Å². The minimum atomic E-state index is -0.352. The van der Waals surface area contributed by atoms with E-state index >= 15 is 0 Å². The van der Waals surface area contributed by atoms with Crippen molar-refractivity contribution in [2.75, 3.05) is 5.48 Å². The van der Waals surface area contributed by atoms with Gasteiger partial charge in [-0.1, -0.05) is 31.5 Å². The SMILES string of the molecule is CCCC(ONc1ccccc1)C(C)=O. The standard InChI is InChI=1S/C12H17NO2/c1-3-7-12(10(2)14)15-13-11-8-5-4-6-9-11/h4-6,8-9,12-13H,3,7H2,1-2H3. The lowest BCUT2D eigenvalue weighted by Crippen LogP contribution is -2.24. The van der Waals surface area contributed by atoms with Crippen LogP contribution in [0.25, 0.3) is 0 Å². The fraction of sp³-hybridized carbons (Fsp3) is 0.417. The van der Waals surface area contributed by atoms with Crippen LogP contribution in [-0.2, 0) is 9.63 Å². The summed E-state index contributed by atoms with van der Waals surface area (Å²) in [6, 6.07) is 9.54. The molecule has 0 amide bonds. The Kier molecular flexibility index (Phi) is 4.84. The van der Waals surface area contributed by atoms with Crippen LogP contribution in [0.4, 0.5) is 5.69 Å². The van der Waals surface area contributed by atoms with E-state index in [1.807, 2.05) is 37.3 Å². The zero-order valence-electron chi connectivity index (χ0n) is 9.19. The monoisotopic (exact) mass is 207 g/mol. The number of carbonyl (C=O) groups excluding carboxylic acids is 1. The van der Waals surface area contributed by atoms with Gasteiger partial charge in [0.15, 0.2) is 5.78 Å². The Hall–Kier alpha value is -1.35. The lowest BCUT2D eigenvalue weighted by atomic mass is 10.1. The number of hydrogen-bond acceptors (Lipinski definition) is 3. The number of benzene rings is 1. The molecule has 0 aliphatic rings. The van der Waals surface area contributed by atoms with Crippen LogP contribution in [0, 0.1) is 0 Å². The highest BCUT2D eigenvalue weighted by molar-refractivity contribution is 5.80. The Morgan fingerprint density at radius 1 is 1.40 bits per heavy atom. The minimum Gasteiger partial charge on any atom is -0.297 e. The smallest absolute Gasteiger partial charge is 0.161 e. The summed E-state index contributed by atoms with van der Waals surface area (Å²) < 4.78 is 0. The van der Waals surface area contributed by atoms with E-state index in [1.165, 1.54) is 0 Å². The molecule has 0 fully saturated rings. The first kappa shape index (κ1) is 11.7. The number of nitrogens with one attached hydrogen (secondary N) is 1. The Labute approximate surface area is 90.4 Å². The van der Waals surface area contributed by atoms with Crippen molar-refractivity contribution >= 4 is 11.5 Å². The maximum absolute atomic E-state index is 11.2. The third-order valence-corrected chi connectivity index (χ3v) is 2.10. The average molecular weight is 207 g/mol. The van der Waals surface area contributed by atoms with Crippen LogP contribution in [-0.4, -0.2) is 11.9 Å². The molecule has 0 saturated carbocycles. The van der Waals surface area contributed by atoms with Crippen molar-refractivity contribution in [3.63, 3.8) is 0 Å². The third-order valence-electron chi connectivity index (χ3n) is 2.10. The molecule has 0 aliphatic carbocycles. The van der Waals surface area contributed by atoms with Crippen molar-refractivity contribution < 1.29 is 9.63 Å². The first-order chi connectivity index (χ1) is 7.24. The molecule has 1 N–H and O–H groups in total. The average Bonchev–Trinajstić information content (AvgIpc) is 2.25. The summed E-state index contributed by atoms with van der Waals surface area (Å²) in [4.78, 5) is 16.5. The Morgan fingerprint density at radius 2 is 2.07 bits per heavy atom. The summed E-state index contributed by atoms with van der Waals surface area (Å²) >= 11 is 0. The summed E-state index contributed by atoms with van der Waals surface area (Å²) in [6.07, 6.45) is 1.32. The van der Waals surface area contributed by atoms with Gasteiger partial charge in [0.25, 0.3) is 0 Å². The largest absolute Gasteiger partial charge is 0.297 e. The Morgan fingerprint density at radius 3 is 2.60 bits per heavy atom. The van der Waals surface area contributed by atoms with Crippen molar-refractivity contribution in [2.24, 2.45) is 0 Å². The first-order valence-corrected chi connectivity index (χ1v) is 5.21. The highest BCUT2D eigenvalue weighted by Gasteiger charge is 2.13. The highest BCUT2D eigenvalue weighted by atomic mass is 16.7. The Balaban J connectivity index is 2.43. The molecule has 0 saturated heterocycles. The molecule has 1 rings (SSSR count). The van der Waals surface area contributed by atoms with Crippen molar-refractivity contribution in [2.45, 2.75) is 32.8 Å². The number of rotatable bonds is 6. The molecule has 1 aromatic carbocycles. The second-order valence-corrected chi connectivity index (χ2v) is 3.47. The van der Waals surface area contributed by atoms with Gasteiger partial charge in [-0.15, -0.1) is 0 Å². The van der Waals surface area contributed by atoms with E-state index < -0.39 is 0 Å². The van der Waals surface area contributed by atoms with E-state index in [9.17, 15) is 4.79 Å². The van der Waals surface area contributed by atoms with Crippen molar-refractivity contribution in [1.82, 2.24) is 0 Å². The number of Topliss-reactive ketones (excluding diaryl/α,β-unsaturated/α-hetero) is 1. The number of para-hydroxylation sites is 1. The van der Waals surface area contributed by atoms with Crippen LogP contribution in [0.3, 0.4) is 0 Å². The van der Waals surface area contributed by atoms with E-state index in [1.54, 1.807) is 6.92 Å². The van der Waals surface area contributed by atoms with Gasteiger partial charge >= 0.3 is 0 Å². The zero-order valence-corrected chi connectivity index (χ0v) is 9.19. The second kappa shape index (κ2) is 6.19. The van der Waals surface area contributed by atoms with Gasteiger partial charge in [-0.05, 0) is 25.5 Å². The number of hydrogen-bond donors (Lipinski definition) is 1. The summed E-state index contributed by atoms with van der Waals surface area (Å²) in [5.41, 5.74) is 3.65. The predicted molar refractivity (Wildman–Crippen MR) is 60.5 cm³/mol. The molecular formula is C12H17NO2. The first-order valence-electron chi connectivity index (χ1n) is 5.21. The summed E-state index contributed by atoms with van der Waals surface area (Å²) in [5, 5.41) is 0. The number of carbonyl (C=O) groups is 1. The van der Waals surface area contributed by atoms with Crippen LogP contribution in [0.15, 0.2) is 30.3 Å².